The van der Waals surface area contributed by atoms with Crippen molar-refractivity contribution in [2.45, 2.75) is 53.1 Å². The van der Waals surface area contributed by atoms with Crippen LogP contribution >= 0.6 is 0 Å². The summed E-state index contributed by atoms with van der Waals surface area (Å²) in [4.78, 5) is 0. The van der Waals surface area contributed by atoms with Gasteiger partial charge in [0.1, 0.15) is 0 Å². The third-order valence-electron chi connectivity index (χ3n) is 4.33. The van der Waals surface area contributed by atoms with E-state index in [0.29, 0.717) is 11.3 Å². The number of aliphatic hydroxyl groups is 1. The molecule has 0 bridgehead atoms. The Kier molecular flexibility index (Phi) is 2.26. The van der Waals surface area contributed by atoms with Gasteiger partial charge in [-0.1, -0.05) is 32.8 Å². The predicted octanol–water partition coefficient (Wildman–Crippen LogP) is 3.14. The molecule has 0 aliphatic heterocycles. The first kappa shape index (κ1) is 10.2. The number of rotatable bonds is 3. The van der Waals surface area contributed by atoms with E-state index in [1.54, 1.807) is 0 Å². The highest BCUT2D eigenvalue weighted by Gasteiger charge is 2.62. The number of fused-ring (bicyclic) bond motifs is 1. The summed E-state index contributed by atoms with van der Waals surface area (Å²) in [5, 5.41) is 10.1. The van der Waals surface area contributed by atoms with E-state index in [9.17, 15) is 5.11 Å². The van der Waals surface area contributed by atoms with Gasteiger partial charge in [0, 0.05) is 0 Å². The molecule has 1 nitrogen and oxygen atoms in total. The SMILES string of the molecule is CCCC(O)C1=C(C)CC2C1C2(C)C. The molecule has 0 aromatic rings. The Morgan fingerprint density at radius 3 is 2.64 bits per heavy atom. The van der Waals surface area contributed by atoms with Crippen molar-refractivity contribution >= 4 is 0 Å². The lowest BCUT2D eigenvalue weighted by molar-refractivity contribution is 0.190. The maximum absolute atomic E-state index is 10.1. The highest BCUT2D eigenvalue weighted by Crippen LogP contribution is 2.69. The van der Waals surface area contributed by atoms with Gasteiger partial charge in [-0.2, -0.15) is 0 Å². The molecule has 1 fully saturated rings. The molecule has 0 spiro atoms. The summed E-state index contributed by atoms with van der Waals surface area (Å²) in [7, 11) is 0. The van der Waals surface area contributed by atoms with E-state index in [0.717, 1.165) is 18.8 Å². The van der Waals surface area contributed by atoms with Crippen LogP contribution in [0.4, 0.5) is 0 Å². The first-order valence-corrected chi connectivity index (χ1v) is 5.87. The standard InChI is InChI=1S/C13H22O/c1-5-6-10(14)11-8(2)7-9-12(11)13(9,3)4/h9-10,12,14H,5-7H2,1-4H3. The Balaban J connectivity index is 2.14. The van der Waals surface area contributed by atoms with Gasteiger partial charge < -0.3 is 5.11 Å². The minimum Gasteiger partial charge on any atom is -0.389 e. The van der Waals surface area contributed by atoms with Gasteiger partial charge in [-0.25, -0.2) is 0 Å². The second-order valence-corrected chi connectivity index (χ2v) is 5.65. The van der Waals surface area contributed by atoms with Crippen LogP contribution < -0.4 is 0 Å². The van der Waals surface area contributed by atoms with Crippen molar-refractivity contribution < 1.29 is 5.11 Å². The molecule has 3 atom stereocenters. The highest BCUT2D eigenvalue weighted by atomic mass is 16.3. The van der Waals surface area contributed by atoms with Crippen molar-refractivity contribution in [1.82, 2.24) is 0 Å². The molecule has 3 unspecified atom stereocenters. The molecule has 2 aliphatic rings. The number of hydrogen-bond acceptors (Lipinski definition) is 1. The van der Waals surface area contributed by atoms with Gasteiger partial charge in [0.25, 0.3) is 0 Å². The zero-order valence-electron chi connectivity index (χ0n) is 9.80. The third kappa shape index (κ3) is 1.25. The summed E-state index contributed by atoms with van der Waals surface area (Å²) in [6, 6.07) is 0. The molecule has 2 aliphatic carbocycles. The fourth-order valence-electron chi connectivity index (χ4n) is 3.38. The molecule has 0 heterocycles. The molecule has 1 saturated carbocycles. The molecule has 14 heavy (non-hydrogen) atoms. The van der Waals surface area contributed by atoms with Crippen LogP contribution in [0, 0.1) is 17.3 Å². The molecular formula is C13H22O. The maximum Gasteiger partial charge on any atom is 0.0755 e. The molecule has 0 aromatic heterocycles. The monoisotopic (exact) mass is 194 g/mol. The first-order chi connectivity index (χ1) is 6.50. The largest absolute Gasteiger partial charge is 0.389 e. The third-order valence-corrected chi connectivity index (χ3v) is 4.33. The quantitative estimate of drug-likeness (QED) is 0.684. The van der Waals surface area contributed by atoms with Crippen molar-refractivity contribution in [2.24, 2.45) is 17.3 Å². The van der Waals surface area contributed by atoms with Crippen LogP contribution in [-0.4, -0.2) is 11.2 Å². The van der Waals surface area contributed by atoms with Crippen LogP contribution in [-0.2, 0) is 0 Å². The van der Waals surface area contributed by atoms with Crippen molar-refractivity contribution in [3.8, 4) is 0 Å². The topological polar surface area (TPSA) is 20.2 Å². The van der Waals surface area contributed by atoms with Crippen molar-refractivity contribution in [2.75, 3.05) is 0 Å². The molecular weight excluding hydrogens is 172 g/mol. The summed E-state index contributed by atoms with van der Waals surface area (Å²) >= 11 is 0. The number of hydrogen-bond donors (Lipinski definition) is 1. The zero-order chi connectivity index (χ0) is 10.5. The van der Waals surface area contributed by atoms with Crippen LogP contribution in [0.2, 0.25) is 0 Å². The molecule has 0 radical (unpaired) electrons. The Morgan fingerprint density at radius 1 is 1.50 bits per heavy atom. The van der Waals surface area contributed by atoms with E-state index < -0.39 is 0 Å². The van der Waals surface area contributed by atoms with Crippen LogP contribution in [0.25, 0.3) is 0 Å². The maximum atomic E-state index is 10.1. The Hall–Kier alpha value is -0.300. The average Bonchev–Trinajstić information content (AvgIpc) is 2.48. The lowest BCUT2D eigenvalue weighted by atomic mass is 9.91. The van der Waals surface area contributed by atoms with Gasteiger partial charge in [-0.3, -0.25) is 0 Å². The van der Waals surface area contributed by atoms with E-state index in [1.165, 1.54) is 17.6 Å². The smallest absolute Gasteiger partial charge is 0.0755 e. The fraction of sp³-hybridized carbons (Fsp3) is 0.846. The number of aliphatic hydroxyl groups excluding tert-OH is 1. The second kappa shape index (κ2) is 3.10. The van der Waals surface area contributed by atoms with Crippen molar-refractivity contribution in [3.63, 3.8) is 0 Å². The normalized spacial score (nSPS) is 35.8. The molecule has 1 N–H and O–H groups in total. The van der Waals surface area contributed by atoms with Gasteiger partial charge in [-0.05, 0) is 42.6 Å². The minimum absolute atomic E-state index is 0.156. The average molecular weight is 194 g/mol. The van der Waals surface area contributed by atoms with Crippen LogP contribution in [0.1, 0.15) is 47.0 Å². The molecule has 1 heteroatoms. The first-order valence-electron chi connectivity index (χ1n) is 5.87. The molecule has 0 aromatic carbocycles. The predicted molar refractivity (Wildman–Crippen MR) is 59.0 cm³/mol. The summed E-state index contributed by atoms with van der Waals surface area (Å²) in [5.41, 5.74) is 3.34. The molecule has 80 valence electrons. The van der Waals surface area contributed by atoms with E-state index in [1.807, 2.05) is 0 Å². The van der Waals surface area contributed by atoms with Crippen LogP contribution in [0.5, 0.6) is 0 Å². The summed E-state index contributed by atoms with van der Waals surface area (Å²) in [6.07, 6.45) is 3.09. The lowest BCUT2D eigenvalue weighted by Gasteiger charge is -2.18. The van der Waals surface area contributed by atoms with Gasteiger partial charge in [0.15, 0.2) is 0 Å². The van der Waals surface area contributed by atoms with Crippen LogP contribution in [0.15, 0.2) is 11.1 Å². The molecule has 0 saturated heterocycles. The van der Waals surface area contributed by atoms with E-state index in [2.05, 4.69) is 27.7 Å². The minimum atomic E-state index is -0.156. The second-order valence-electron chi connectivity index (χ2n) is 5.65. The Morgan fingerprint density at radius 2 is 2.14 bits per heavy atom. The summed E-state index contributed by atoms with van der Waals surface area (Å²) in [5.74, 6) is 1.54. The van der Waals surface area contributed by atoms with E-state index in [4.69, 9.17) is 0 Å². The Bertz CT molecular complexity index is 275. The van der Waals surface area contributed by atoms with Crippen molar-refractivity contribution in [1.29, 1.82) is 0 Å². The summed E-state index contributed by atoms with van der Waals surface area (Å²) in [6.45, 7) is 9.03. The van der Waals surface area contributed by atoms with E-state index >= 15 is 0 Å². The zero-order valence-corrected chi connectivity index (χ0v) is 9.80. The lowest BCUT2D eigenvalue weighted by Crippen LogP contribution is -2.14. The fourth-order valence-corrected chi connectivity index (χ4v) is 3.38. The van der Waals surface area contributed by atoms with E-state index in [-0.39, 0.29) is 6.10 Å². The van der Waals surface area contributed by atoms with Gasteiger partial charge in [0.2, 0.25) is 0 Å². The van der Waals surface area contributed by atoms with Gasteiger partial charge in [0.05, 0.1) is 6.10 Å². The summed E-state index contributed by atoms with van der Waals surface area (Å²) < 4.78 is 0. The van der Waals surface area contributed by atoms with Crippen LogP contribution in [0.3, 0.4) is 0 Å². The molecule has 2 rings (SSSR count). The molecule has 0 amide bonds. The highest BCUT2D eigenvalue weighted by molar-refractivity contribution is 5.38. The van der Waals surface area contributed by atoms with Crippen molar-refractivity contribution in [3.05, 3.63) is 11.1 Å². The van der Waals surface area contributed by atoms with Gasteiger partial charge in [-0.15, -0.1) is 0 Å². The Labute approximate surface area is 87.2 Å². The van der Waals surface area contributed by atoms with Gasteiger partial charge >= 0.3 is 0 Å². The number of allylic oxidation sites excluding steroid dienone is 1.